The van der Waals surface area contributed by atoms with Crippen molar-refractivity contribution < 1.29 is 9.50 Å². The van der Waals surface area contributed by atoms with Crippen molar-refractivity contribution in [3.8, 4) is 0 Å². The topological polar surface area (TPSA) is 20.2 Å². The summed E-state index contributed by atoms with van der Waals surface area (Å²) in [7, 11) is 0. The Morgan fingerprint density at radius 2 is 2.21 bits per heavy atom. The van der Waals surface area contributed by atoms with Crippen LogP contribution < -0.4 is 0 Å². The second-order valence-electron chi connectivity index (χ2n) is 2.75. The minimum atomic E-state index is -0.806. The second kappa shape index (κ2) is 5.63. The van der Waals surface area contributed by atoms with Gasteiger partial charge in [0.1, 0.15) is 5.82 Å². The van der Waals surface area contributed by atoms with Crippen LogP contribution >= 0.6 is 50.1 Å². The molecule has 0 aliphatic carbocycles. The van der Waals surface area contributed by atoms with Gasteiger partial charge >= 0.3 is 0 Å². The maximum Gasteiger partial charge on any atom is 0.148 e. The number of benzene rings is 1. The van der Waals surface area contributed by atoms with Gasteiger partial charge in [0.25, 0.3) is 0 Å². The number of rotatable bonds is 3. The number of aliphatic hydroxyl groups is 1. The molecule has 78 valence electrons. The molecular formula is C9H8BrClFIO. The summed E-state index contributed by atoms with van der Waals surface area (Å²) in [6, 6.07) is 3.10. The SMILES string of the molecule is OC(CCI)c1c(Br)ccc(Cl)c1F. The zero-order chi connectivity index (χ0) is 10.7. The van der Waals surface area contributed by atoms with E-state index in [1.165, 1.54) is 6.07 Å². The molecule has 0 fully saturated rings. The molecule has 0 aromatic heterocycles. The summed E-state index contributed by atoms with van der Waals surface area (Å²) in [6.07, 6.45) is -0.295. The first kappa shape index (κ1) is 12.7. The van der Waals surface area contributed by atoms with E-state index in [-0.39, 0.29) is 10.6 Å². The molecule has 1 unspecified atom stereocenters. The van der Waals surface area contributed by atoms with Crippen LogP contribution in [0.15, 0.2) is 16.6 Å². The molecule has 1 aromatic carbocycles. The summed E-state index contributed by atoms with van der Waals surface area (Å²) >= 11 is 10.9. The monoisotopic (exact) mass is 392 g/mol. The number of hydrogen-bond donors (Lipinski definition) is 1. The highest BCUT2D eigenvalue weighted by molar-refractivity contribution is 14.1. The Bertz CT molecular complexity index is 335. The summed E-state index contributed by atoms with van der Waals surface area (Å²) in [6.45, 7) is 0. The number of halogens is 4. The van der Waals surface area contributed by atoms with Crippen molar-refractivity contribution in [3.05, 3.63) is 33.0 Å². The molecule has 1 atom stereocenters. The van der Waals surface area contributed by atoms with E-state index in [0.717, 1.165) is 4.43 Å². The van der Waals surface area contributed by atoms with Gasteiger partial charge in [0, 0.05) is 14.5 Å². The van der Waals surface area contributed by atoms with Crippen molar-refractivity contribution >= 4 is 50.1 Å². The fraction of sp³-hybridized carbons (Fsp3) is 0.333. The van der Waals surface area contributed by atoms with Crippen LogP contribution in [0.1, 0.15) is 18.1 Å². The first-order valence-corrected chi connectivity index (χ1v) is 6.65. The van der Waals surface area contributed by atoms with Gasteiger partial charge in [0.05, 0.1) is 11.1 Å². The van der Waals surface area contributed by atoms with Crippen molar-refractivity contribution in [1.82, 2.24) is 0 Å². The number of hydrogen-bond acceptors (Lipinski definition) is 1. The lowest BCUT2D eigenvalue weighted by Gasteiger charge is -2.13. The van der Waals surface area contributed by atoms with Crippen molar-refractivity contribution in [2.24, 2.45) is 0 Å². The summed E-state index contributed by atoms with van der Waals surface area (Å²) in [5, 5.41) is 9.71. The van der Waals surface area contributed by atoms with E-state index < -0.39 is 11.9 Å². The first-order valence-electron chi connectivity index (χ1n) is 3.95. The fourth-order valence-corrected chi connectivity index (χ4v) is 2.42. The Kier molecular flexibility index (Phi) is 5.10. The van der Waals surface area contributed by atoms with Gasteiger partial charge in [-0.15, -0.1) is 0 Å². The summed E-state index contributed by atoms with van der Waals surface area (Å²) in [5.41, 5.74) is 0.245. The van der Waals surface area contributed by atoms with Gasteiger partial charge in [-0.3, -0.25) is 0 Å². The maximum atomic E-state index is 13.5. The van der Waals surface area contributed by atoms with E-state index in [1.54, 1.807) is 6.07 Å². The van der Waals surface area contributed by atoms with Crippen LogP contribution in [0.3, 0.4) is 0 Å². The molecule has 1 rings (SSSR count). The Labute approximate surface area is 109 Å². The third-order valence-electron chi connectivity index (χ3n) is 1.80. The lowest BCUT2D eigenvalue weighted by atomic mass is 10.1. The van der Waals surface area contributed by atoms with E-state index in [1.807, 2.05) is 0 Å². The molecule has 1 nitrogen and oxygen atoms in total. The maximum absolute atomic E-state index is 13.5. The highest BCUT2D eigenvalue weighted by Crippen LogP contribution is 2.32. The van der Waals surface area contributed by atoms with Gasteiger partial charge in [0.15, 0.2) is 0 Å². The van der Waals surface area contributed by atoms with E-state index in [4.69, 9.17) is 11.6 Å². The molecule has 5 heteroatoms. The molecule has 1 N–H and O–H groups in total. The lowest BCUT2D eigenvalue weighted by Crippen LogP contribution is -2.03. The molecular weight excluding hydrogens is 385 g/mol. The van der Waals surface area contributed by atoms with Crippen LogP contribution in [0, 0.1) is 5.82 Å². The quantitative estimate of drug-likeness (QED) is 0.466. The molecule has 0 saturated carbocycles. The normalized spacial score (nSPS) is 12.9. The van der Waals surface area contributed by atoms with E-state index in [0.29, 0.717) is 10.9 Å². The predicted octanol–water partition coefficient (Wildman–Crippen LogP) is 4.10. The van der Waals surface area contributed by atoms with Crippen molar-refractivity contribution in [2.45, 2.75) is 12.5 Å². The molecule has 0 aliphatic rings. The smallest absolute Gasteiger partial charge is 0.148 e. The minimum Gasteiger partial charge on any atom is -0.388 e. The second-order valence-corrected chi connectivity index (χ2v) is 5.09. The van der Waals surface area contributed by atoms with Crippen LogP contribution in [0.5, 0.6) is 0 Å². The van der Waals surface area contributed by atoms with Gasteiger partial charge in [0.2, 0.25) is 0 Å². The van der Waals surface area contributed by atoms with Crippen molar-refractivity contribution in [1.29, 1.82) is 0 Å². The van der Waals surface area contributed by atoms with Crippen LogP contribution in [-0.4, -0.2) is 9.53 Å². The Morgan fingerprint density at radius 1 is 1.57 bits per heavy atom. The molecule has 1 aromatic rings. The molecule has 0 amide bonds. The lowest BCUT2D eigenvalue weighted by molar-refractivity contribution is 0.170. The van der Waals surface area contributed by atoms with E-state index >= 15 is 0 Å². The van der Waals surface area contributed by atoms with Gasteiger partial charge in [-0.05, 0) is 18.6 Å². The summed E-state index contributed by atoms with van der Waals surface area (Å²) in [5.74, 6) is -0.543. The van der Waals surface area contributed by atoms with E-state index in [9.17, 15) is 9.50 Å². The van der Waals surface area contributed by atoms with Crippen LogP contribution in [0.4, 0.5) is 4.39 Å². The summed E-state index contributed by atoms with van der Waals surface area (Å²) in [4.78, 5) is 0. The zero-order valence-corrected chi connectivity index (χ0v) is 11.6. The molecule has 0 saturated heterocycles. The first-order chi connectivity index (χ1) is 6.57. The molecule has 0 radical (unpaired) electrons. The van der Waals surface area contributed by atoms with Gasteiger partial charge in [-0.25, -0.2) is 4.39 Å². The third-order valence-corrected chi connectivity index (χ3v) is 3.40. The van der Waals surface area contributed by atoms with Crippen molar-refractivity contribution in [3.63, 3.8) is 0 Å². The van der Waals surface area contributed by atoms with Crippen LogP contribution in [0.25, 0.3) is 0 Å². The zero-order valence-electron chi connectivity index (χ0n) is 7.11. The molecule has 0 heterocycles. The average molecular weight is 393 g/mol. The third kappa shape index (κ3) is 2.81. The van der Waals surface area contributed by atoms with Gasteiger partial charge < -0.3 is 5.11 Å². The molecule has 0 spiro atoms. The highest BCUT2D eigenvalue weighted by Gasteiger charge is 2.18. The Balaban J connectivity index is 3.11. The Hall–Kier alpha value is 0.610. The number of aliphatic hydroxyl groups excluding tert-OH is 1. The largest absolute Gasteiger partial charge is 0.388 e. The molecule has 0 aliphatic heterocycles. The average Bonchev–Trinajstić information content (AvgIpc) is 2.13. The minimum absolute atomic E-state index is 0.0377. The number of alkyl halides is 1. The van der Waals surface area contributed by atoms with Crippen LogP contribution in [0.2, 0.25) is 5.02 Å². The molecule has 14 heavy (non-hydrogen) atoms. The Morgan fingerprint density at radius 3 is 2.79 bits per heavy atom. The standard InChI is InChI=1S/C9H8BrClFIO/c10-5-1-2-6(11)9(12)8(5)7(14)3-4-13/h1-2,7,14H,3-4H2. The fourth-order valence-electron chi connectivity index (χ4n) is 1.10. The van der Waals surface area contributed by atoms with Crippen molar-refractivity contribution in [2.75, 3.05) is 4.43 Å². The molecule has 0 bridgehead atoms. The van der Waals surface area contributed by atoms with Gasteiger partial charge in [-0.2, -0.15) is 0 Å². The summed E-state index contributed by atoms with van der Waals surface area (Å²) < 4.78 is 14.8. The van der Waals surface area contributed by atoms with Crippen LogP contribution in [-0.2, 0) is 0 Å². The van der Waals surface area contributed by atoms with E-state index in [2.05, 4.69) is 38.5 Å². The highest BCUT2D eigenvalue weighted by atomic mass is 127. The van der Waals surface area contributed by atoms with Gasteiger partial charge in [-0.1, -0.05) is 50.1 Å². The predicted molar refractivity (Wildman–Crippen MR) is 67.6 cm³/mol.